The van der Waals surface area contributed by atoms with Crippen molar-refractivity contribution in [3.63, 3.8) is 0 Å². The van der Waals surface area contributed by atoms with Gasteiger partial charge in [0.15, 0.2) is 0 Å². The lowest BCUT2D eigenvalue weighted by Crippen LogP contribution is -2.22. The average Bonchev–Trinajstić information content (AvgIpc) is 2.50. The number of hydrogen-bond donors (Lipinski definition) is 2. The van der Waals surface area contributed by atoms with Crippen LogP contribution in [0.2, 0.25) is 0 Å². The van der Waals surface area contributed by atoms with Crippen LogP contribution in [0.5, 0.6) is 0 Å². The maximum absolute atomic E-state index is 5.46. The summed E-state index contributed by atoms with van der Waals surface area (Å²) in [5.74, 6) is 0. The fourth-order valence-electron chi connectivity index (χ4n) is 1.68. The molecule has 0 spiro atoms. The fraction of sp³-hybridized carbons (Fsp3) is 1.00. The van der Waals surface area contributed by atoms with Crippen molar-refractivity contribution in [3.8, 4) is 0 Å². The molecule has 0 aromatic rings. The van der Waals surface area contributed by atoms with E-state index in [1.165, 1.54) is 25.7 Å². The van der Waals surface area contributed by atoms with Crippen LogP contribution in [0.25, 0.3) is 0 Å². The summed E-state index contributed by atoms with van der Waals surface area (Å²) in [6.45, 7) is 12.5. The summed E-state index contributed by atoms with van der Waals surface area (Å²) in [6.07, 6.45) is 4.94. The van der Waals surface area contributed by atoms with Gasteiger partial charge >= 0.3 is 0 Å². The molecule has 2 N–H and O–H groups in total. The minimum atomic E-state index is 0.646. The third-order valence-electron chi connectivity index (χ3n) is 3.00. The Morgan fingerprint density at radius 2 is 0.905 bits per heavy atom. The fourth-order valence-corrected chi connectivity index (χ4v) is 1.68. The standard InChI is InChI=1S/C16H36N2O3/c1-3-5-7-17-9-11-19-13-15-21-16-14-20-12-10-18-8-6-4-2/h17-18H,3-16H2,1-2H3. The van der Waals surface area contributed by atoms with Crippen molar-refractivity contribution in [3.05, 3.63) is 0 Å². The Morgan fingerprint density at radius 3 is 1.29 bits per heavy atom. The topological polar surface area (TPSA) is 51.8 Å². The second-order valence-corrected chi connectivity index (χ2v) is 5.04. The van der Waals surface area contributed by atoms with Gasteiger partial charge in [-0.1, -0.05) is 26.7 Å². The van der Waals surface area contributed by atoms with E-state index in [9.17, 15) is 0 Å². The number of rotatable bonds is 18. The lowest BCUT2D eigenvalue weighted by Gasteiger charge is -2.08. The van der Waals surface area contributed by atoms with E-state index in [4.69, 9.17) is 14.2 Å². The van der Waals surface area contributed by atoms with Gasteiger partial charge in [0.1, 0.15) is 0 Å². The van der Waals surface area contributed by atoms with E-state index in [0.29, 0.717) is 26.4 Å². The van der Waals surface area contributed by atoms with Gasteiger partial charge in [0.25, 0.3) is 0 Å². The van der Waals surface area contributed by atoms with Crippen LogP contribution in [0, 0.1) is 0 Å². The van der Waals surface area contributed by atoms with E-state index < -0.39 is 0 Å². The molecule has 0 aliphatic heterocycles. The van der Waals surface area contributed by atoms with Gasteiger partial charge in [0.05, 0.1) is 39.6 Å². The van der Waals surface area contributed by atoms with E-state index in [1.54, 1.807) is 0 Å². The predicted molar refractivity (Wildman–Crippen MR) is 88.0 cm³/mol. The average molecular weight is 304 g/mol. The van der Waals surface area contributed by atoms with Gasteiger partial charge in [0, 0.05) is 13.1 Å². The summed E-state index contributed by atoms with van der Waals surface area (Å²) < 4.78 is 16.3. The van der Waals surface area contributed by atoms with Gasteiger partial charge in [0.2, 0.25) is 0 Å². The van der Waals surface area contributed by atoms with Crippen molar-refractivity contribution in [2.45, 2.75) is 39.5 Å². The van der Waals surface area contributed by atoms with Crippen molar-refractivity contribution < 1.29 is 14.2 Å². The highest BCUT2D eigenvalue weighted by atomic mass is 16.5. The van der Waals surface area contributed by atoms with Gasteiger partial charge in [-0.05, 0) is 25.9 Å². The van der Waals surface area contributed by atoms with Crippen LogP contribution in [0.15, 0.2) is 0 Å². The Balaban J connectivity index is 2.90. The number of hydrogen-bond acceptors (Lipinski definition) is 5. The summed E-state index contributed by atoms with van der Waals surface area (Å²) in [5, 5.41) is 6.68. The maximum Gasteiger partial charge on any atom is 0.0701 e. The molecule has 0 aromatic carbocycles. The maximum atomic E-state index is 5.46. The minimum Gasteiger partial charge on any atom is -0.378 e. The van der Waals surface area contributed by atoms with Crippen LogP contribution in [-0.4, -0.2) is 65.8 Å². The van der Waals surface area contributed by atoms with Crippen molar-refractivity contribution in [1.82, 2.24) is 10.6 Å². The molecule has 0 radical (unpaired) electrons. The molecule has 0 atom stereocenters. The summed E-state index contributed by atoms with van der Waals surface area (Å²) >= 11 is 0. The highest BCUT2D eigenvalue weighted by Gasteiger charge is 1.92. The highest BCUT2D eigenvalue weighted by molar-refractivity contribution is 4.46. The smallest absolute Gasteiger partial charge is 0.0701 e. The molecule has 5 nitrogen and oxygen atoms in total. The molecule has 21 heavy (non-hydrogen) atoms. The van der Waals surface area contributed by atoms with Gasteiger partial charge in [-0.15, -0.1) is 0 Å². The third-order valence-corrected chi connectivity index (χ3v) is 3.00. The Morgan fingerprint density at radius 1 is 0.524 bits per heavy atom. The summed E-state index contributed by atoms with van der Waals surface area (Å²) in [6, 6.07) is 0. The first-order valence-corrected chi connectivity index (χ1v) is 8.56. The second-order valence-electron chi connectivity index (χ2n) is 5.04. The Bertz CT molecular complexity index is 165. The second kappa shape index (κ2) is 19.8. The molecule has 0 bridgehead atoms. The van der Waals surface area contributed by atoms with Crippen molar-refractivity contribution >= 4 is 0 Å². The zero-order valence-electron chi connectivity index (χ0n) is 14.1. The highest BCUT2D eigenvalue weighted by Crippen LogP contribution is 1.84. The van der Waals surface area contributed by atoms with Gasteiger partial charge in [-0.3, -0.25) is 0 Å². The first-order chi connectivity index (χ1) is 10.4. The Kier molecular flexibility index (Phi) is 19.6. The lowest BCUT2D eigenvalue weighted by atomic mass is 10.3. The number of ether oxygens (including phenoxy) is 3. The zero-order chi connectivity index (χ0) is 15.4. The van der Waals surface area contributed by atoms with E-state index in [0.717, 1.165) is 39.4 Å². The van der Waals surface area contributed by atoms with Crippen LogP contribution in [0.4, 0.5) is 0 Å². The molecule has 128 valence electrons. The molecule has 0 aliphatic rings. The van der Waals surface area contributed by atoms with Crippen LogP contribution < -0.4 is 10.6 Å². The first kappa shape index (κ1) is 20.8. The summed E-state index contributed by atoms with van der Waals surface area (Å²) in [5.41, 5.74) is 0. The molecule has 0 saturated carbocycles. The molecule has 0 aliphatic carbocycles. The quantitative estimate of drug-likeness (QED) is 0.378. The molecule has 0 heterocycles. The zero-order valence-corrected chi connectivity index (χ0v) is 14.1. The van der Waals surface area contributed by atoms with Crippen LogP contribution in [0.1, 0.15) is 39.5 Å². The van der Waals surface area contributed by atoms with Gasteiger partial charge in [-0.25, -0.2) is 0 Å². The van der Waals surface area contributed by atoms with E-state index >= 15 is 0 Å². The normalized spacial score (nSPS) is 11.1. The molecule has 0 saturated heterocycles. The van der Waals surface area contributed by atoms with Crippen molar-refractivity contribution in [1.29, 1.82) is 0 Å². The predicted octanol–water partition coefficient (Wildman–Crippen LogP) is 1.82. The largest absolute Gasteiger partial charge is 0.378 e. The molecule has 5 heteroatoms. The molecule has 0 rings (SSSR count). The van der Waals surface area contributed by atoms with Gasteiger partial charge in [-0.2, -0.15) is 0 Å². The molecule has 0 unspecified atom stereocenters. The Labute approximate surface area is 131 Å². The van der Waals surface area contributed by atoms with Crippen molar-refractivity contribution in [2.75, 3.05) is 65.8 Å². The van der Waals surface area contributed by atoms with Crippen LogP contribution >= 0.6 is 0 Å². The minimum absolute atomic E-state index is 0.646. The van der Waals surface area contributed by atoms with Crippen LogP contribution in [-0.2, 0) is 14.2 Å². The number of nitrogens with one attached hydrogen (secondary N) is 2. The molecule has 0 fully saturated rings. The van der Waals surface area contributed by atoms with Crippen LogP contribution in [0.3, 0.4) is 0 Å². The molecular weight excluding hydrogens is 268 g/mol. The van der Waals surface area contributed by atoms with E-state index in [2.05, 4.69) is 24.5 Å². The number of unbranched alkanes of at least 4 members (excludes halogenated alkanes) is 2. The monoisotopic (exact) mass is 304 g/mol. The summed E-state index contributed by atoms with van der Waals surface area (Å²) in [4.78, 5) is 0. The summed E-state index contributed by atoms with van der Waals surface area (Å²) in [7, 11) is 0. The van der Waals surface area contributed by atoms with E-state index in [-0.39, 0.29) is 0 Å². The lowest BCUT2D eigenvalue weighted by molar-refractivity contribution is 0.0157. The molecule has 0 aromatic heterocycles. The van der Waals surface area contributed by atoms with Crippen molar-refractivity contribution in [2.24, 2.45) is 0 Å². The van der Waals surface area contributed by atoms with E-state index in [1.807, 2.05) is 0 Å². The third kappa shape index (κ3) is 19.8. The molecular formula is C16H36N2O3. The molecule has 0 amide bonds. The first-order valence-electron chi connectivity index (χ1n) is 8.56. The van der Waals surface area contributed by atoms with Gasteiger partial charge < -0.3 is 24.8 Å². The SMILES string of the molecule is CCCCNCCOCCOCCOCCNCCCC. The Hall–Kier alpha value is -0.200.